The molecule has 0 aliphatic rings. The molecule has 0 spiro atoms. The lowest BCUT2D eigenvalue weighted by atomic mass is 10.1. The standard InChI is InChI=1S/C19H19N3O2/c1-13-5-4-6-16(11-13)22-18(12-17(20-22)19(23)24)14-7-9-15(10-8-14)21(2)3/h4-12H,1-3H3,(H,23,24). The number of benzene rings is 2. The van der Waals surface area contributed by atoms with Gasteiger partial charge in [0, 0.05) is 25.3 Å². The molecule has 5 heteroatoms. The van der Waals surface area contributed by atoms with Crippen LogP contribution in [-0.2, 0) is 0 Å². The zero-order valence-electron chi connectivity index (χ0n) is 13.9. The van der Waals surface area contributed by atoms with Gasteiger partial charge < -0.3 is 10.0 Å². The van der Waals surface area contributed by atoms with E-state index in [1.165, 1.54) is 0 Å². The minimum atomic E-state index is -1.03. The number of carboxylic acids is 1. The van der Waals surface area contributed by atoms with Crippen LogP contribution in [-0.4, -0.2) is 35.0 Å². The summed E-state index contributed by atoms with van der Waals surface area (Å²) in [6.07, 6.45) is 0. The number of anilines is 1. The molecule has 0 saturated carbocycles. The lowest BCUT2D eigenvalue weighted by molar-refractivity contribution is 0.0690. The molecule has 24 heavy (non-hydrogen) atoms. The van der Waals surface area contributed by atoms with Gasteiger partial charge in [0.05, 0.1) is 11.4 Å². The summed E-state index contributed by atoms with van der Waals surface area (Å²) in [7, 11) is 3.96. The fourth-order valence-electron chi connectivity index (χ4n) is 2.58. The lowest BCUT2D eigenvalue weighted by Gasteiger charge is -2.13. The van der Waals surface area contributed by atoms with Gasteiger partial charge in [0.2, 0.25) is 0 Å². The summed E-state index contributed by atoms with van der Waals surface area (Å²) in [5.41, 5.74) is 4.72. The second-order valence-corrected chi connectivity index (χ2v) is 5.91. The summed E-state index contributed by atoms with van der Waals surface area (Å²) in [5, 5.41) is 13.6. The van der Waals surface area contributed by atoms with E-state index in [2.05, 4.69) is 5.10 Å². The topological polar surface area (TPSA) is 58.4 Å². The van der Waals surface area contributed by atoms with Crippen LogP contribution in [0.2, 0.25) is 0 Å². The fourth-order valence-corrected chi connectivity index (χ4v) is 2.58. The highest BCUT2D eigenvalue weighted by Gasteiger charge is 2.16. The molecule has 122 valence electrons. The highest BCUT2D eigenvalue weighted by molar-refractivity contribution is 5.87. The van der Waals surface area contributed by atoms with Gasteiger partial charge in [0.25, 0.3) is 0 Å². The van der Waals surface area contributed by atoms with Crippen molar-refractivity contribution in [3.05, 3.63) is 65.9 Å². The molecule has 0 amide bonds. The van der Waals surface area contributed by atoms with Crippen LogP contribution in [0.15, 0.2) is 54.6 Å². The Morgan fingerprint density at radius 1 is 1.08 bits per heavy atom. The van der Waals surface area contributed by atoms with Crippen LogP contribution in [0.3, 0.4) is 0 Å². The fraction of sp³-hybridized carbons (Fsp3) is 0.158. The predicted molar refractivity (Wildman–Crippen MR) is 95.0 cm³/mol. The SMILES string of the molecule is Cc1cccc(-n2nc(C(=O)O)cc2-c2ccc(N(C)C)cc2)c1. The lowest BCUT2D eigenvalue weighted by Crippen LogP contribution is -2.08. The van der Waals surface area contributed by atoms with E-state index in [0.29, 0.717) is 0 Å². The van der Waals surface area contributed by atoms with Gasteiger partial charge in [-0.05, 0) is 42.8 Å². The Hall–Kier alpha value is -3.08. The maximum Gasteiger partial charge on any atom is 0.356 e. The third kappa shape index (κ3) is 3.01. The van der Waals surface area contributed by atoms with Gasteiger partial charge in [0.15, 0.2) is 5.69 Å². The first-order valence-corrected chi connectivity index (χ1v) is 7.64. The minimum Gasteiger partial charge on any atom is -0.476 e. The van der Waals surface area contributed by atoms with Crippen LogP contribution in [0, 0.1) is 6.92 Å². The van der Waals surface area contributed by atoms with E-state index in [1.807, 2.05) is 74.4 Å². The number of carbonyl (C=O) groups is 1. The second kappa shape index (κ2) is 6.20. The highest BCUT2D eigenvalue weighted by atomic mass is 16.4. The molecule has 3 aromatic rings. The van der Waals surface area contributed by atoms with Gasteiger partial charge >= 0.3 is 5.97 Å². The number of hydrogen-bond donors (Lipinski definition) is 1. The maximum absolute atomic E-state index is 11.4. The van der Waals surface area contributed by atoms with Gasteiger partial charge in [-0.2, -0.15) is 5.10 Å². The molecule has 1 N–H and O–H groups in total. The Labute approximate surface area is 140 Å². The molecule has 1 heterocycles. The van der Waals surface area contributed by atoms with Crippen LogP contribution < -0.4 is 4.90 Å². The Balaban J connectivity index is 2.14. The first-order chi connectivity index (χ1) is 11.5. The van der Waals surface area contributed by atoms with E-state index in [0.717, 1.165) is 28.2 Å². The van der Waals surface area contributed by atoms with E-state index in [1.54, 1.807) is 10.7 Å². The zero-order chi connectivity index (χ0) is 17.3. The molecule has 0 atom stereocenters. The molecule has 2 aromatic carbocycles. The predicted octanol–water partition coefficient (Wildman–Crippen LogP) is 3.61. The Kier molecular flexibility index (Phi) is 4.08. The van der Waals surface area contributed by atoms with Crippen molar-refractivity contribution in [1.82, 2.24) is 9.78 Å². The van der Waals surface area contributed by atoms with Gasteiger partial charge in [-0.15, -0.1) is 0 Å². The maximum atomic E-state index is 11.4. The van der Waals surface area contributed by atoms with E-state index in [-0.39, 0.29) is 5.69 Å². The van der Waals surface area contributed by atoms with Crippen LogP contribution in [0.5, 0.6) is 0 Å². The highest BCUT2D eigenvalue weighted by Crippen LogP contribution is 2.26. The van der Waals surface area contributed by atoms with E-state index >= 15 is 0 Å². The van der Waals surface area contributed by atoms with E-state index in [9.17, 15) is 9.90 Å². The third-order valence-electron chi connectivity index (χ3n) is 3.85. The smallest absolute Gasteiger partial charge is 0.356 e. The van der Waals surface area contributed by atoms with Crippen molar-refractivity contribution in [3.63, 3.8) is 0 Å². The molecular weight excluding hydrogens is 302 g/mol. The molecule has 0 aliphatic carbocycles. The summed E-state index contributed by atoms with van der Waals surface area (Å²) >= 11 is 0. The average Bonchev–Trinajstić information content (AvgIpc) is 3.00. The zero-order valence-corrected chi connectivity index (χ0v) is 13.9. The largest absolute Gasteiger partial charge is 0.476 e. The molecule has 0 fully saturated rings. The number of nitrogens with zero attached hydrogens (tertiary/aromatic N) is 3. The Morgan fingerprint density at radius 2 is 1.79 bits per heavy atom. The van der Waals surface area contributed by atoms with Crippen LogP contribution in [0.4, 0.5) is 5.69 Å². The quantitative estimate of drug-likeness (QED) is 0.797. The van der Waals surface area contributed by atoms with Crippen LogP contribution in [0.25, 0.3) is 16.9 Å². The summed E-state index contributed by atoms with van der Waals surface area (Å²) < 4.78 is 1.68. The normalized spacial score (nSPS) is 10.6. The number of aromatic carboxylic acids is 1. The van der Waals surface area contributed by atoms with Gasteiger partial charge in [-0.3, -0.25) is 0 Å². The Bertz CT molecular complexity index is 880. The Morgan fingerprint density at radius 3 is 2.38 bits per heavy atom. The van der Waals surface area contributed by atoms with Crippen molar-refractivity contribution in [1.29, 1.82) is 0 Å². The average molecular weight is 321 g/mol. The number of aryl methyl sites for hydroxylation is 1. The molecule has 0 unspecified atom stereocenters. The van der Waals surface area contributed by atoms with E-state index < -0.39 is 5.97 Å². The van der Waals surface area contributed by atoms with Gasteiger partial charge in [0.1, 0.15) is 0 Å². The summed E-state index contributed by atoms with van der Waals surface area (Å²) in [4.78, 5) is 13.4. The van der Waals surface area contributed by atoms with Crippen LogP contribution in [0.1, 0.15) is 16.1 Å². The van der Waals surface area contributed by atoms with Crippen molar-refractivity contribution < 1.29 is 9.90 Å². The number of carboxylic acid groups (broad SMARTS) is 1. The summed E-state index contributed by atoms with van der Waals surface area (Å²) in [5.74, 6) is -1.03. The molecule has 5 nitrogen and oxygen atoms in total. The second-order valence-electron chi connectivity index (χ2n) is 5.91. The monoisotopic (exact) mass is 321 g/mol. The minimum absolute atomic E-state index is 0.0307. The molecule has 1 aromatic heterocycles. The summed E-state index contributed by atoms with van der Waals surface area (Å²) in [6, 6.07) is 17.4. The van der Waals surface area contributed by atoms with Crippen molar-refractivity contribution in [2.75, 3.05) is 19.0 Å². The molecule has 0 saturated heterocycles. The summed E-state index contributed by atoms with van der Waals surface area (Å²) in [6.45, 7) is 2.00. The van der Waals surface area contributed by atoms with Gasteiger partial charge in [-0.1, -0.05) is 24.3 Å². The van der Waals surface area contributed by atoms with Crippen molar-refractivity contribution in [3.8, 4) is 16.9 Å². The molecule has 0 aliphatic heterocycles. The molecule has 3 rings (SSSR count). The number of hydrogen-bond acceptors (Lipinski definition) is 3. The molecule has 0 radical (unpaired) electrons. The number of aromatic nitrogens is 2. The van der Waals surface area contributed by atoms with E-state index in [4.69, 9.17) is 0 Å². The van der Waals surface area contributed by atoms with Crippen molar-refractivity contribution in [2.45, 2.75) is 6.92 Å². The van der Waals surface area contributed by atoms with Crippen molar-refractivity contribution in [2.24, 2.45) is 0 Å². The first kappa shape index (κ1) is 15.8. The van der Waals surface area contributed by atoms with Crippen molar-refractivity contribution >= 4 is 11.7 Å². The van der Waals surface area contributed by atoms with Crippen LogP contribution >= 0.6 is 0 Å². The molecule has 0 bridgehead atoms. The third-order valence-corrected chi connectivity index (χ3v) is 3.85. The first-order valence-electron chi connectivity index (χ1n) is 7.64. The van der Waals surface area contributed by atoms with Gasteiger partial charge in [-0.25, -0.2) is 9.48 Å². The molecular formula is C19H19N3O2. The number of rotatable bonds is 4.